The molecule has 21 heavy (non-hydrogen) atoms. The Labute approximate surface area is 136 Å². The molecule has 3 rings (SSSR count). The SMILES string of the molecule is Cl.Cl.O=C(Nc1ccc2ncccc2c1)[C@H]1CCCCN1. The zero-order valence-electron chi connectivity index (χ0n) is 11.5. The molecule has 2 aromatic rings. The van der Waals surface area contributed by atoms with Gasteiger partial charge in [0.15, 0.2) is 0 Å². The van der Waals surface area contributed by atoms with E-state index in [0.29, 0.717) is 0 Å². The number of fused-ring (bicyclic) bond motifs is 1. The van der Waals surface area contributed by atoms with Crippen LogP contribution in [0.3, 0.4) is 0 Å². The molecule has 1 aromatic carbocycles. The van der Waals surface area contributed by atoms with Crippen molar-refractivity contribution in [3.8, 4) is 0 Å². The number of nitrogens with one attached hydrogen (secondary N) is 2. The van der Waals surface area contributed by atoms with Gasteiger partial charge in [-0.25, -0.2) is 0 Å². The van der Waals surface area contributed by atoms with Crippen molar-refractivity contribution in [3.05, 3.63) is 36.5 Å². The van der Waals surface area contributed by atoms with Gasteiger partial charge in [-0.2, -0.15) is 0 Å². The molecule has 0 unspecified atom stereocenters. The Bertz CT molecular complexity index is 600. The summed E-state index contributed by atoms with van der Waals surface area (Å²) in [5.41, 5.74) is 1.77. The summed E-state index contributed by atoms with van der Waals surface area (Å²) in [5, 5.41) is 7.27. The van der Waals surface area contributed by atoms with Crippen molar-refractivity contribution in [2.24, 2.45) is 0 Å². The zero-order valence-corrected chi connectivity index (χ0v) is 13.2. The van der Waals surface area contributed by atoms with E-state index in [9.17, 15) is 4.79 Å². The molecule has 1 amide bonds. The first-order valence-electron chi connectivity index (χ1n) is 6.72. The highest BCUT2D eigenvalue weighted by Gasteiger charge is 2.20. The zero-order chi connectivity index (χ0) is 13.1. The molecular formula is C15H19Cl2N3O. The molecule has 4 nitrogen and oxygen atoms in total. The van der Waals surface area contributed by atoms with Crippen molar-refractivity contribution in [2.45, 2.75) is 25.3 Å². The fourth-order valence-electron chi connectivity index (χ4n) is 2.46. The summed E-state index contributed by atoms with van der Waals surface area (Å²) in [5.74, 6) is 0.0583. The summed E-state index contributed by atoms with van der Waals surface area (Å²) >= 11 is 0. The molecule has 1 atom stereocenters. The minimum Gasteiger partial charge on any atom is -0.325 e. The van der Waals surface area contributed by atoms with Gasteiger partial charge in [0.25, 0.3) is 0 Å². The molecule has 0 aliphatic carbocycles. The van der Waals surface area contributed by atoms with Crippen LogP contribution in [0.15, 0.2) is 36.5 Å². The molecule has 0 radical (unpaired) electrons. The Kier molecular flexibility index (Phi) is 6.89. The highest BCUT2D eigenvalue weighted by molar-refractivity contribution is 5.96. The van der Waals surface area contributed by atoms with Gasteiger partial charge in [-0.1, -0.05) is 12.5 Å². The van der Waals surface area contributed by atoms with Crippen molar-refractivity contribution >= 4 is 47.3 Å². The number of amides is 1. The van der Waals surface area contributed by atoms with Crippen LogP contribution >= 0.6 is 24.8 Å². The van der Waals surface area contributed by atoms with Crippen LogP contribution in [0.2, 0.25) is 0 Å². The molecule has 1 aliphatic rings. The molecule has 114 valence electrons. The molecule has 2 N–H and O–H groups in total. The first-order chi connectivity index (χ1) is 9.33. The van der Waals surface area contributed by atoms with E-state index in [4.69, 9.17) is 0 Å². The number of carbonyl (C=O) groups is 1. The average molecular weight is 328 g/mol. The van der Waals surface area contributed by atoms with E-state index in [1.165, 1.54) is 0 Å². The second-order valence-electron chi connectivity index (χ2n) is 4.90. The molecule has 0 bridgehead atoms. The maximum Gasteiger partial charge on any atom is 0.241 e. The van der Waals surface area contributed by atoms with Crippen molar-refractivity contribution in [1.29, 1.82) is 0 Å². The van der Waals surface area contributed by atoms with Gasteiger partial charge >= 0.3 is 0 Å². The summed E-state index contributed by atoms with van der Waals surface area (Å²) in [6.45, 7) is 0.930. The number of carbonyl (C=O) groups excluding carboxylic acids is 1. The third kappa shape index (κ3) is 4.30. The van der Waals surface area contributed by atoms with E-state index in [0.717, 1.165) is 42.4 Å². The lowest BCUT2D eigenvalue weighted by molar-refractivity contribution is -0.118. The minimum absolute atomic E-state index is 0. The van der Waals surface area contributed by atoms with Crippen molar-refractivity contribution < 1.29 is 4.79 Å². The standard InChI is InChI=1S/C15H17N3O.2ClH/c19-15(14-5-1-2-8-17-14)18-12-6-7-13-11(10-12)4-3-9-16-13;;/h3-4,6-7,9-10,14,17H,1-2,5,8H2,(H,18,19);2*1H/t14-;;/m1../s1. The van der Waals surface area contributed by atoms with Crippen molar-refractivity contribution in [1.82, 2.24) is 10.3 Å². The molecule has 6 heteroatoms. The number of pyridine rings is 1. The summed E-state index contributed by atoms with van der Waals surface area (Å²) in [6, 6.07) is 9.63. The van der Waals surface area contributed by atoms with E-state index in [1.807, 2.05) is 30.3 Å². The molecule has 1 fully saturated rings. The summed E-state index contributed by atoms with van der Waals surface area (Å²) < 4.78 is 0. The Morgan fingerprint density at radius 1 is 1.24 bits per heavy atom. The van der Waals surface area contributed by atoms with Gasteiger partial charge in [0.05, 0.1) is 11.6 Å². The van der Waals surface area contributed by atoms with Crippen LogP contribution in [0.5, 0.6) is 0 Å². The van der Waals surface area contributed by atoms with Gasteiger partial charge in [0.1, 0.15) is 0 Å². The Morgan fingerprint density at radius 3 is 2.86 bits per heavy atom. The largest absolute Gasteiger partial charge is 0.325 e. The van der Waals surface area contributed by atoms with Crippen LogP contribution in [-0.4, -0.2) is 23.5 Å². The number of anilines is 1. The van der Waals surface area contributed by atoms with Crippen LogP contribution in [0, 0.1) is 0 Å². The number of hydrogen-bond acceptors (Lipinski definition) is 3. The van der Waals surface area contributed by atoms with Crippen LogP contribution in [0.25, 0.3) is 10.9 Å². The Balaban J connectivity index is 0.00000110. The third-order valence-corrected chi connectivity index (χ3v) is 3.50. The van der Waals surface area contributed by atoms with Crippen LogP contribution < -0.4 is 10.6 Å². The van der Waals surface area contributed by atoms with E-state index >= 15 is 0 Å². The van der Waals surface area contributed by atoms with Crippen molar-refractivity contribution in [3.63, 3.8) is 0 Å². The lowest BCUT2D eigenvalue weighted by Crippen LogP contribution is -2.43. The van der Waals surface area contributed by atoms with Crippen molar-refractivity contribution in [2.75, 3.05) is 11.9 Å². The van der Waals surface area contributed by atoms with E-state index in [2.05, 4.69) is 15.6 Å². The quantitative estimate of drug-likeness (QED) is 0.890. The van der Waals surface area contributed by atoms with E-state index < -0.39 is 0 Å². The number of nitrogens with zero attached hydrogens (tertiary/aromatic N) is 1. The van der Waals surface area contributed by atoms with Gasteiger partial charge in [-0.15, -0.1) is 24.8 Å². The molecule has 1 aliphatic heterocycles. The Hall–Kier alpha value is -1.36. The summed E-state index contributed by atoms with van der Waals surface area (Å²) in [6.07, 6.45) is 4.96. The predicted molar refractivity (Wildman–Crippen MR) is 90.5 cm³/mol. The monoisotopic (exact) mass is 327 g/mol. The Morgan fingerprint density at radius 2 is 2.10 bits per heavy atom. The highest BCUT2D eigenvalue weighted by Crippen LogP contribution is 2.18. The van der Waals surface area contributed by atoms with E-state index in [-0.39, 0.29) is 36.8 Å². The molecule has 0 saturated carbocycles. The second-order valence-corrected chi connectivity index (χ2v) is 4.90. The number of hydrogen-bond donors (Lipinski definition) is 2. The summed E-state index contributed by atoms with van der Waals surface area (Å²) in [4.78, 5) is 16.4. The minimum atomic E-state index is -0.0571. The van der Waals surface area contributed by atoms with E-state index in [1.54, 1.807) is 6.20 Å². The highest BCUT2D eigenvalue weighted by atomic mass is 35.5. The van der Waals surface area contributed by atoms with Gasteiger partial charge in [0.2, 0.25) is 5.91 Å². The smallest absolute Gasteiger partial charge is 0.241 e. The number of halogens is 2. The topological polar surface area (TPSA) is 54.0 Å². The number of aromatic nitrogens is 1. The van der Waals surface area contributed by atoms with Gasteiger partial charge < -0.3 is 10.6 Å². The third-order valence-electron chi connectivity index (χ3n) is 3.50. The number of piperidine rings is 1. The number of benzene rings is 1. The first kappa shape index (κ1) is 17.7. The second kappa shape index (κ2) is 8.17. The molecule has 2 heterocycles. The lowest BCUT2D eigenvalue weighted by atomic mass is 10.0. The van der Waals surface area contributed by atoms with Gasteiger partial charge in [0, 0.05) is 17.3 Å². The average Bonchev–Trinajstić information content (AvgIpc) is 2.48. The fraction of sp³-hybridized carbons (Fsp3) is 0.333. The number of rotatable bonds is 2. The molecule has 1 saturated heterocycles. The first-order valence-corrected chi connectivity index (χ1v) is 6.72. The van der Waals surface area contributed by atoms with Crippen LogP contribution in [-0.2, 0) is 4.79 Å². The fourth-order valence-corrected chi connectivity index (χ4v) is 2.46. The maximum atomic E-state index is 12.1. The normalized spacial score (nSPS) is 17.4. The molecular weight excluding hydrogens is 309 g/mol. The molecule has 1 aromatic heterocycles. The molecule has 0 spiro atoms. The maximum absolute atomic E-state index is 12.1. The summed E-state index contributed by atoms with van der Waals surface area (Å²) in [7, 11) is 0. The lowest BCUT2D eigenvalue weighted by Gasteiger charge is -2.22. The van der Waals surface area contributed by atoms with Crippen LogP contribution in [0.4, 0.5) is 5.69 Å². The van der Waals surface area contributed by atoms with Gasteiger partial charge in [-0.05, 0) is 43.7 Å². The van der Waals surface area contributed by atoms with Crippen LogP contribution in [0.1, 0.15) is 19.3 Å². The van der Waals surface area contributed by atoms with Gasteiger partial charge in [-0.3, -0.25) is 9.78 Å². The predicted octanol–water partition coefficient (Wildman–Crippen LogP) is 3.16.